The Bertz CT molecular complexity index is 616. The number of ether oxygens (including phenoxy) is 2. The van der Waals surface area contributed by atoms with Crippen LogP contribution in [0.15, 0.2) is 35.5 Å². The van der Waals surface area contributed by atoms with Gasteiger partial charge in [0.2, 0.25) is 0 Å². The summed E-state index contributed by atoms with van der Waals surface area (Å²) in [6, 6.07) is 0. The molecule has 0 radical (unpaired) electrons. The lowest BCUT2D eigenvalue weighted by Crippen LogP contribution is -2.42. The molecule has 1 aliphatic carbocycles. The second kappa shape index (κ2) is 7.55. The fourth-order valence-corrected chi connectivity index (χ4v) is 2.95. The number of aliphatic hydroxyl groups excluding tert-OH is 2. The van der Waals surface area contributed by atoms with Crippen LogP contribution in [-0.4, -0.2) is 53.4 Å². The third-order valence-electron chi connectivity index (χ3n) is 4.15. The SMILES string of the molecule is C=C1C(=O)O[C@@H]2/C=C(/CO)CC/C=C(/C=O)[C@H](OC(C)=O)[C@@H](O)[C@@H]12. The molecule has 1 saturated heterocycles. The van der Waals surface area contributed by atoms with Crippen molar-refractivity contribution in [2.45, 2.75) is 38.1 Å². The van der Waals surface area contributed by atoms with Crippen LogP contribution in [0.4, 0.5) is 0 Å². The number of carbonyl (C=O) groups excluding carboxylic acids is 3. The van der Waals surface area contributed by atoms with E-state index in [0.717, 1.165) is 0 Å². The molecule has 1 aliphatic heterocycles. The highest BCUT2D eigenvalue weighted by Gasteiger charge is 2.46. The van der Waals surface area contributed by atoms with Gasteiger partial charge in [-0.1, -0.05) is 12.7 Å². The van der Waals surface area contributed by atoms with Gasteiger partial charge in [-0.25, -0.2) is 4.79 Å². The molecule has 2 rings (SSSR count). The first-order chi connectivity index (χ1) is 11.4. The molecule has 0 bridgehead atoms. The van der Waals surface area contributed by atoms with Crippen molar-refractivity contribution in [3.05, 3.63) is 35.5 Å². The molecule has 24 heavy (non-hydrogen) atoms. The van der Waals surface area contributed by atoms with Gasteiger partial charge in [-0.05, 0) is 24.5 Å². The molecule has 0 spiro atoms. The summed E-state index contributed by atoms with van der Waals surface area (Å²) in [5.74, 6) is -2.22. The van der Waals surface area contributed by atoms with Crippen molar-refractivity contribution in [2.75, 3.05) is 6.61 Å². The van der Waals surface area contributed by atoms with E-state index < -0.39 is 36.2 Å². The van der Waals surface area contributed by atoms with Crippen molar-refractivity contribution >= 4 is 18.2 Å². The Labute approximate surface area is 139 Å². The molecule has 4 atom stereocenters. The van der Waals surface area contributed by atoms with E-state index in [1.54, 1.807) is 12.2 Å². The number of hydrogen-bond donors (Lipinski definition) is 2. The summed E-state index contributed by atoms with van der Waals surface area (Å²) in [7, 11) is 0. The van der Waals surface area contributed by atoms with Crippen LogP contribution in [0.5, 0.6) is 0 Å². The Morgan fingerprint density at radius 2 is 2.25 bits per heavy atom. The van der Waals surface area contributed by atoms with E-state index in [1.165, 1.54) is 6.92 Å². The molecular formula is C17H20O7. The van der Waals surface area contributed by atoms with Crippen LogP contribution in [0, 0.1) is 5.92 Å². The largest absolute Gasteiger partial charge is 0.455 e. The summed E-state index contributed by atoms with van der Waals surface area (Å²) in [5, 5.41) is 20.1. The van der Waals surface area contributed by atoms with Crippen LogP contribution in [0.2, 0.25) is 0 Å². The van der Waals surface area contributed by atoms with E-state index in [0.29, 0.717) is 24.7 Å². The molecule has 0 unspecified atom stereocenters. The highest BCUT2D eigenvalue weighted by atomic mass is 16.6. The van der Waals surface area contributed by atoms with Crippen LogP contribution >= 0.6 is 0 Å². The van der Waals surface area contributed by atoms with E-state index in [2.05, 4.69) is 6.58 Å². The van der Waals surface area contributed by atoms with Crippen molar-refractivity contribution in [1.82, 2.24) is 0 Å². The Kier molecular flexibility index (Phi) is 5.69. The fourth-order valence-electron chi connectivity index (χ4n) is 2.95. The number of hydrogen-bond acceptors (Lipinski definition) is 7. The maximum Gasteiger partial charge on any atom is 0.334 e. The minimum absolute atomic E-state index is 0.0315. The summed E-state index contributed by atoms with van der Waals surface area (Å²) >= 11 is 0. The Balaban J connectivity index is 2.49. The smallest absolute Gasteiger partial charge is 0.334 e. The van der Waals surface area contributed by atoms with Gasteiger partial charge in [0.1, 0.15) is 18.5 Å². The predicted octanol–water partition coefficient (Wildman–Crippen LogP) is 0.215. The lowest BCUT2D eigenvalue weighted by Gasteiger charge is -2.29. The highest BCUT2D eigenvalue weighted by molar-refractivity contribution is 5.91. The van der Waals surface area contributed by atoms with Gasteiger partial charge < -0.3 is 19.7 Å². The van der Waals surface area contributed by atoms with E-state index in [4.69, 9.17) is 9.47 Å². The molecule has 0 aromatic heterocycles. The maximum absolute atomic E-state index is 11.8. The first-order valence-electron chi connectivity index (χ1n) is 7.59. The fraction of sp³-hybridized carbons (Fsp3) is 0.471. The number of fused-ring (bicyclic) bond motifs is 1. The molecule has 0 aromatic carbocycles. The van der Waals surface area contributed by atoms with E-state index in [-0.39, 0.29) is 17.8 Å². The lowest BCUT2D eigenvalue weighted by molar-refractivity contribution is -0.152. The molecule has 0 amide bonds. The average molecular weight is 336 g/mol. The van der Waals surface area contributed by atoms with Gasteiger partial charge in [-0.2, -0.15) is 0 Å². The highest BCUT2D eigenvalue weighted by Crippen LogP contribution is 2.35. The molecule has 7 heteroatoms. The monoisotopic (exact) mass is 336 g/mol. The molecule has 1 heterocycles. The second-order valence-electron chi connectivity index (χ2n) is 5.79. The Morgan fingerprint density at radius 1 is 1.54 bits per heavy atom. The Hall–Kier alpha value is -2.25. The summed E-state index contributed by atoms with van der Waals surface area (Å²) < 4.78 is 10.3. The topological polar surface area (TPSA) is 110 Å². The van der Waals surface area contributed by atoms with Crippen molar-refractivity contribution in [3.63, 3.8) is 0 Å². The molecule has 2 N–H and O–H groups in total. The minimum atomic E-state index is -1.39. The summed E-state index contributed by atoms with van der Waals surface area (Å²) in [6.45, 7) is 4.57. The predicted molar refractivity (Wildman–Crippen MR) is 82.6 cm³/mol. The molecule has 0 saturated carbocycles. The van der Waals surface area contributed by atoms with Gasteiger partial charge >= 0.3 is 11.9 Å². The van der Waals surface area contributed by atoms with Crippen molar-refractivity contribution < 1.29 is 34.1 Å². The van der Waals surface area contributed by atoms with Gasteiger partial charge in [-0.3, -0.25) is 9.59 Å². The first kappa shape index (κ1) is 18.1. The van der Waals surface area contributed by atoms with Gasteiger partial charge in [0.05, 0.1) is 12.5 Å². The van der Waals surface area contributed by atoms with E-state index >= 15 is 0 Å². The minimum Gasteiger partial charge on any atom is -0.455 e. The van der Waals surface area contributed by atoms with Crippen LogP contribution in [0.25, 0.3) is 0 Å². The van der Waals surface area contributed by atoms with Gasteiger partial charge in [0.15, 0.2) is 6.10 Å². The van der Waals surface area contributed by atoms with Crippen LogP contribution in [0.1, 0.15) is 19.8 Å². The molecule has 1 fully saturated rings. The molecule has 7 nitrogen and oxygen atoms in total. The summed E-state index contributed by atoms with van der Waals surface area (Å²) in [4.78, 5) is 34.6. The number of aldehydes is 1. The zero-order valence-corrected chi connectivity index (χ0v) is 13.3. The standard InChI is InChI=1S/C17H20O7/c1-9-14-13(24-17(9)22)6-11(7-18)4-3-5-12(8-19)16(15(14)21)23-10(2)20/h5-6,8,13-16,18,21H,1,3-4,7H2,2H3/b11-6+,12-5-/t13-,14+,15+,16+/m1/s1. The Morgan fingerprint density at radius 3 is 2.83 bits per heavy atom. The van der Waals surface area contributed by atoms with Gasteiger partial charge in [-0.15, -0.1) is 0 Å². The molecule has 2 aliphatic rings. The van der Waals surface area contributed by atoms with E-state index in [9.17, 15) is 24.6 Å². The zero-order valence-electron chi connectivity index (χ0n) is 13.3. The number of aliphatic hydroxyl groups is 2. The molecular weight excluding hydrogens is 316 g/mol. The summed E-state index contributed by atoms with van der Waals surface area (Å²) in [5.41, 5.74) is 0.749. The quantitative estimate of drug-likeness (QED) is 0.328. The zero-order chi connectivity index (χ0) is 17.9. The third-order valence-corrected chi connectivity index (χ3v) is 4.15. The third kappa shape index (κ3) is 3.63. The van der Waals surface area contributed by atoms with E-state index in [1.807, 2.05) is 0 Å². The molecule has 130 valence electrons. The number of esters is 2. The number of carbonyl (C=O) groups is 3. The summed E-state index contributed by atoms with van der Waals surface area (Å²) in [6.07, 6.45) is 1.03. The average Bonchev–Trinajstić information content (AvgIpc) is 2.81. The van der Waals surface area contributed by atoms with Crippen LogP contribution in [0.3, 0.4) is 0 Å². The van der Waals surface area contributed by atoms with Gasteiger partial charge in [0.25, 0.3) is 0 Å². The van der Waals surface area contributed by atoms with Gasteiger partial charge in [0, 0.05) is 18.1 Å². The van der Waals surface area contributed by atoms with Crippen LogP contribution in [-0.2, 0) is 23.9 Å². The molecule has 0 aromatic rings. The normalized spacial score (nSPS) is 35.0. The number of rotatable bonds is 3. The number of allylic oxidation sites excluding steroid dienone is 1. The second-order valence-corrected chi connectivity index (χ2v) is 5.79. The first-order valence-corrected chi connectivity index (χ1v) is 7.59. The van der Waals surface area contributed by atoms with Crippen molar-refractivity contribution in [1.29, 1.82) is 0 Å². The maximum atomic E-state index is 11.8. The van der Waals surface area contributed by atoms with Crippen LogP contribution < -0.4 is 0 Å². The van der Waals surface area contributed by atoms with Crippen molar-refractivity contribution in [3.8, 4) is 0 Å². The lowest BCUT2D eigenvalue weighted by atomic mass is 9.84. The van der Waals surface area contributed by atoms with Crippen molar-refractivity contribution in [2.24, 2.45) is 5.92 Å².